The molecule has 1 saturated heterocycles. The molecule has 1 N–H and O–H groups in total. The van der Waals surface area contributed by atoms with Crippen LogP contribution in [0.25, 0.3) is 22.1 Å². The van der Waals surface area contributed by atoms with Gasteiger partial charge in [0, 0.05) is 36.8 Å². The van der Waals surface area contributed by atoms with Crippen LogP contribution in [0.1, 0.15) is 18.9 Å². The number of hydrogen-bond acceptors (Lipinski definition) is 8. The molecule has 9 nitrogen and oxygen atoms in total. The predicted molar refractivity (Wildman–Crippen MR) is 114 cm³/mol. The highest BCUT2D eigenvalue weighted by Crippen LogP contribution is 2.36. The van der Waals surface area contributed by atoms with Gasteiger partial charge in [0.15, 0.2) is 17.0 Å². The lowest BCUT2D eigenvalue weighted by atomic mass is 9.86. The first-order valence-electron chi connectivity index (χ1n) is 10.3. The molecule has 4 heterocycles. The summed E-state index contributed by atoms with van der Waals surface area (Å²) in [4.78, 5) is 25.0. The maximum absolute atomic E-state index is 5.46. The molecule has 3 aromatic heterocycles. The summed E-state index contributed by atoms with van der Waals surface area (Å²) in [6, 6.07) is 8.73. The first-order chi connectivity index (χ1) is 14.8. The number of morpholine rings is 1. The molecule has 0 amide bonds. The van der Waals surface area contributed by atoms with Crippen LogP contribution in [0.4, 0.5) is 11.8 Å². The monoisotopic (exact) mass is 402 g/mol. The van der Waals surface area contributed by atoms with Gasteiger partial charge in [-0.15, -0.1) is 0 Å². The van der Waals surface area contributed by atoms with E-state index < -0.39 is 0 Å². The number of para-hydroxylation sites is 1. The Labute approximate surface area is 173 Å². The summed E-state index contributed by atoms with van der Waals surface area (Å²) in [6.45, 7) is 3.11. The Morgan fingerprint density at radius 2 is 1.87 bits per heavy atom. The summed E-state index contributed by atoms with van der Waals surface area (Å²) in [5.74, 6) is 1.59. The summed E-state index contributed by atoms with van der Waals surface area (Å²) in [5, 5.41) is 4.51. The summed E-state index contributed by atoms with van der Waals surface area (Å²) in [5.41, 5.74) is 2.73. The molecule has 4 aromatic rings. The Hall–Kier alpha value is -3.33. The molecule has 6 rings (SSSR count). The van der Waals surface area contributed by atoms with E-state index in [9.17, 15) is 0 Å². The van der Waals surface area contributed by atoms with E-state index in [1.165, 1.54) is 0 Å². The number of hydrogen-bond donors (Lipinski definition) is 1. The van der Waals surface area contributed by atoms with Crippen molar-refractivity contribution in [2.45, 2.75) is 24.9 Å². The highest BCUT2D eigenvalue weighted by Gasteiger charge is 2.32. The molecule has 2 aliphatic rings. The molecule has 1 aromatic carbocycles. The van der Waals surface area contributed by atoms with Gasteiger partial charge in [-0.3, -0.25) is 0 Å². The van der Waals surface area contributed by atoms with Crippen LogP contribution in [-0.4, -0.2) is 61.8 Å². The summed E-state index contributed by atoms with van der Waals surface area (Å²) in [7, 11) is 0. The van der Waals surface area contributed by atoms with Crippen molar-refractivity contribution in [2.75, 3.05) is 36.5 Å². The molecule has 1 saturated carbocycles. The van der Waals surface area contributed by atoms with Crippen molar-refractivity contribution < 1.29 is 4.74 Å². The smallest absolute Gasteiger partial charge is 0.223 e. The number of imidazole rings is 1. The zero-order chi connectivity index (χ0) is 19.9. The number of ether oxygens (including phenoxy) is 1. The highest BCUT2D eigenvalue weighted by atomic mass is 16.5. The van der Waals surface area contributed by atoms with Crippen molar-refractivity contribution in [1.29, 1.82) is 0 Å². The highest BCUT2D eigenvalue weighted by molar-refractivity contribution is 5.83. The lowest BCUT2D eigenvalue weighted by Gasteiger charge is -2.36. The molecule has 0 radical (unpaired) electrons. The Balaban J connectivity index is 1.18. The first-order valence-corrected chi connectivity index (χ1v) is 10.3. The second-order valence-electron chi connectivity index (χ2n) is 7.84. The predicted octanol–water partition coefficient (Wildman–Crippen LogP) is 2.42. The number of nitrogens with zero attached hydrogens (tertiary/aromatic N) is 7. The van der Waals surface area contributed by atoms with Crippen molar-refractivity contribution in [3.63, 3.8) is 0 Å². The van der Waals surface area contributed by atoms with Gasteiger partial charge >= 0.3 is 0 Å². The van der Waals surface area contributed by atoms with Crippen LogP contribution < -0.4 is 10.2 Å². The minimum atomic E-state index is 0.342. The number of rotatable bonds is 4. The zero-order valence-electron chi connectivity index (χ0n) is 16.5. The molecule has 9 heteroatoms. The standard InChI is InChI=1S/C21H22N8O/c1-2-4-17-14(3-1)11-22-21(27-17)26-15-9-16(10-15)29-13-25-18-19(23-12-24-20(18)29)28-5-7-30-8-6-28/h1-4,11-13,15-16H,5-10H2,(H,22,26,27). The maximum atomic E-state index is 5.46. The summed E-state index contributed by atoms with van der Waals surface area (Å²) < 4.78 is 7.64. The number of aromatic nitrogens is 6. The Kier molecular flexibility index (Phi) is 4.19. The number of anilines is 2. The van der Waals surface area contributed by atoms with E-state index in [1.54, 1.807) is 6.33 Å². The third-order valence-corrected chi connectivity index (χ3v) is 5.98. The van der Waals surface area contributed by atoms with Gasteiger partial charge in [0.2, 0.25) is 5.95 Å². The lowest BCUT2D eigenvalue weighted by molar-refractivity contribution is 0.122. The van der Waals surface area contributed by atoms with Crippen molar-refractivity contribution >= 4 is 33.8 Å². The van der Waals surface area contributed by atoms with Gasteiger partial charge in [-0.2, -0.15) is 0 Å². The average Bonchev–Trinajstić information content (AvgIpc) is 3.20. The van der Waals surface area contributed by atoms with Crippen molar-refractivity contribution in [1.82, 2.24) is 29.5 Å². The third-order valence-electron chi connectivity index (χ3n) is 5.98. The van der Waals surface area contributed by atoms with Crippen LogP contribution in [-0.2, 0) is 4.74 Å². The second-order valence-corrected chi connectivity index (χ2v) is 7.84. The van der Waals surface area contributed by atoms with E-state index in [4.69, 9.17) is 4.74 Å². The fourth-order valence-corrected chi connectivity index (χ4v) is 4.27. The van der Waals surface area contributed by atoms with Crippen molar-refractivity contribution in [3.8, 4) is 0 Å². The SMILES string of the molecule is c1ccc2nc(NC3CC(n4cnc5c(N6CCOCC6)ncnc54)C3)ncc2c1. The molecule has 0 atom stereocenters. The molecule has 1 aliphatic heterocycles. The molecule has 0 spiro atoms. The Morgan fingerprint density at radius 3 is 2.77 bits per heavy atom. The third kappa shape index (κ3) is 3.02. The van der Waals surface area contributed by atoms with E-state index in [1.807, 2.05) is 36.8 Å². The molecule has 2 fully saturated rings. The van der Waals surface area contributed by atoms with Gasteiger partial charge in [0.1, 0.15) is 6.33 Å². The van der Waals surface area contributed by atoms with E-state index in [-0.39, 0.29) is 0 Å². The van der Waals surface area contributed by atoms with E-state index in [2.05, 4.69) is 39.7 Å². The van der Waals surface area contributed by atoms with Crippen LogP contribution in [0.3, 0.4) is 0 Å². The lowest BCUT2D eigenvalue weighted by Crippen LogP contribution is -2.37. The van der Waals surface area contributed by atoms with E-state index in [0.717, 1.165) is 67.0 Å². The fourth-order valence-electron chi connectivity index (χ4n) is 4.27. The van der Waals surface area contributed by atoms with Gasteiger partial charge in [-0.05, 0) is 18.9 Å². The van der Waals surface area contributed by atoms with E-state index in [0.29, 0.717) is 18.0 Å². The fraction of sp³-hybridized carbons (Fsp3) is 0.381. The van der Waals surface area contributed by atoms with Crippen LogP contribution in [0, 0.1) is 0 Å². The minimum absolute atomic E-state index is 0.342. The van der Waals surface area contributed by atoms with Gasteiger partial charge in [-0.1, -0.05) is 18.2 Å². The normalized spacial score (nSPS) is 21.7. The largest absolute Gasteiger partial charge is 0.378 e. The van der Waals surface area contributed by atoms with Gasteiger partial charge in [0.25, 0.3) is 0 Å². The molecular formula is C21H22N8O. The zero-order valence-corrected chi connectivity index (χ0v) is 16.5. The van der Waals surface area contributed by atoms with Gasteiger partial charge < -0.3 is 19.5 Å². The molecule has 0 unspecified atom stereocenters. The van der Waals surface area contributed by atoms with Crippen LogP contribution in [0.5, 0.6) is 0 Å². The summed E-state index contributed by atoms with van der Waals surface area (Å²) >= 11 is 0. The summed E-state index contributed by atoms with van der Waals surface area (Å²) in [6.07, 6.45) is 7.38. The van der Waals surface area contributed by atoms with Gasteiger partial charge in [-0.25, -0.2) is 24.9 Å². The van der Waals surface area contributed by atoms with Crippen molar-refractivity contribution in [3.05, 3.63) is 43.1 Å². The number of fused-ring (bicyclic) bond motifs is 2. The second kappa shape index (κ2) is 7.17. The van der Waals surface area contributed by atoms with Gasteiger partial charge in [0.05, 0.1) is 25.1 Å². The van der Waals surface area contributed by atoms with E-state index >= 15 is 0 Å². The molecule has 152 valence electrons. The molecule has 30 heavy (non-hydrogen) atoms. The maximum Gasteiger partial charge on any atom is 0.223 e. The number of nitrogens with one attached hydrogen (secondary N) is 1. The average molecular weight is 402 g/mol. The van der Waals surface area contributed by atoms with Crippen LogP contribution in [0.15, 0.2) is 43.1 Å². The topological polar surface area (TPSA) is 93.9 Å². The Morgan fingerprint density at radius 1 is 1.00 bits per heavy atom. The quantitative estimate of drug-likeness (QED) is 0.556. The molecule has 1 aliphatic carbocycles. The molecule has 0 bridgehead atoms. The van der Waals surface area contributed by atoms with Crippen molar-refractivity contribution in [2.24, 2.45) is 0 Å². The number of benzene rings is 1. The molecular weight excluding hydrogens is 380 g/mol. The van der Waals surface area contributed by atoms with Crippen LogP contribution in [0.2, 0.25) is 0 Å². The van der Waals surface area contributed by atoms with Crippen LogP contribution >= 0.6 is 0 Å². The minimum Gasteiger partial charge on any atom is -0.378 e. The first kappa shape index (κ1) is 17.5. The Bertz CT molecular complexity index is 1200.